The van der Waals surface area contributed by atoms with Gasteiger partial charge in [-0.3, -0.25) is 9.59 Å². The van der Waals surface area contributed by atoms with Crippen molar-refractivity contribution >= 4 is 17.5 Å². The van der Waals surface area contributed by atoms with Crippen LogP contribution in [0.15, 0.2) is 54.6 Å². The van der Waals surface area contributed by atoms with Crippen LogP contribution in [-0.4, -0.2) is 11.8 Å². The van der Waals surface area contributed by atoms with Gasteiger partial charge in [0.1, 0.15) is 5.82 Å². The summed E-state index contributed by atoms with van der Waals surface area (Å²) < 4.78 is 13.5. The van der Waals surface area contributed by atoms with E-state index in [0.717, 1.165) is 5.56 Å². The number of para-hydroxylation sites is 1. The predicted octanol–water partition coefficient (Wildman–Crippen LogP) is 3.03. The number of hydrogen-bond acceptors (Lipinski definition) is 2. The second kappa shape index (κ2) is 7.36. The number of anilines is 1. The smallest absolute Gasteiger partial charge is 0.226 e. The molecule has 5 heteroatoms. The molecule has 0 radical (unpaired) electrons. The maximum atomic E-state index is 13.5. The first-order chi connectivity index (χ1) is 10.6. The van der Waals surface area contributed by atoms with Gasteiger partial charge in [0.15, 0.2) is 0 Å². The molecular formula is C17H17FN2O2. The monoisotopic (exact) mass is 300 g/mol. The highest BCUT2D eigenvalue weighted by molar-refractivity contribution is 5.91. The van der Waals surface area contributed by atoms with Crippen LogP contribution in [-0.2, 0) is 9.59 Å². The zero-order valence-corrected chi connectivity index (χ0v) is 12.2. The number of carbonyl (C=O) groups excluding carboxylic acids is 2. The molecule has 2 aromatic carbocycles. The van der Waals surface area contributed by atoms with Crippen LogP contribution in [0.4, 0.5) is 10.1 Å². The molecule has 2 N–H and O–H groups in total. The van der Waals surface area contributed by atoms with Crippen LogP contribution in [0.25, 0.3) is 0 Å². The zero-order valence-electron chi connectivity index (χ0n) is 12.2. The van der Waals surface area contributed by atoms with Crippen LogP contribution in [0, 0.1) is 5.82 Å². The van der Waals surface area contributed by atoms with Gasteiger partial charge in [-0.15, -0.1) is 0 Å². The summed E-state index contributed by atoms with van der Waals surface area (Å²) in [4.78, 5) is 23.4. The van der Waals surface area contributed by atoms with Gasteiger partial charge in [-0.1, -0.05) is 42.5 Å². The lowest BCUT2D eigenvalue weighted by atomic mass is 10.0. The highest BCUT2D eigenvalue weighted by Gasteiger charge is 2.17. The van der Waals surface area contributed by atoms with Crippen molar-refractivity contribution in [3.05, 3.63) is 66.0 Å². The summed E-state index contributed by atoms with van der Waals surface area (Å²) in [6.45, 7) is 1.39. The zero-order chi connectivity index (χ0) is 15.9. The quantitative estimate of drug-likeness (QED) is 0.891. The Bertz CT molecular complexity index is 659. The van der Waals surface area contributed by atoms with Crippen LogP contribution in [0.1, 0.15) is 24.9 Å². The summed E-state index contributed by atoms with van der Waals surface area (Å²) in [7, 11) is 0. The molecule has 0 aromatic heterocycles. The third kappa shape index (κ3) is 4.41. The van der Waals surface area contributed by atoms with E-state index in [1.165, 1.54) is 19.1 Å². The van der Waals surface area contributed by atoms with Gasteiger partial charge in [-0.05, 0) is 17.7 Å². The van der Waals surface area contributed by atoms with Crippen LogP contribution in [0.2, 0.25) is 0 Å². The van der Waals surface area contributed by atoms with Crippen molar-refractivity contribution in [3.63, 3.8) is 0 Å². The lowest BCUT2D eigenvalue weighted by Gasteiger charge is -2.18. The molecule has 114 valence electrons. The fourth-order valence-corrected chi connectivity index (χ4v) is 2.13. The Labute approximate surface area is 128 Å². The van der Waals surface area contributed by atoms with Crippen molar-refractivity contribution in [1.29, 1.82) is 0 Å². The molecule has 2 aromatic rings. The van der Waals surface area contributed by atoms with Gasteiger partial charge in [0.05, 0.1) is 18.2 Å². The first-order valence-corrected chi connectivity index (χ1v) is 6.92. The van der Waals surface area contributed by atoms with E-state index in [-0.39, 0.29) is 23.9 Å². The van der Waals surface area contributed by atoms with E-state index in [9.17, 15) is 14.0 Å². The van der Waals surface area contributed by atoms with Gasteiger partial charge in [0.25, 0.3) is 0 Å². The summed E-state index contributed by atoms with van der Waals surface area (Å²) in [5, 5.41) is 5.25. The third-order valence-corrected chi connectivity index (χ3v) is 3.12. The van der Waals surface area contributed by atoms with Gasteiger partial charge in [0, 0.05) is 6.92 Å². The average Bonchev–Trinajstić information content (AvgIpc) is 2.49. The first kappa shape index (κ1) is 15.7. The molecule has 0 aliphatic heterocycles. The Hall–Kier alpha value is -2.69. The SMILES string of the molecule is CC(=O)NC(CC(=O)Nc1ccccc1F)c1ccccc1. The number of benzene rings is 2. The van der Waals surface area contributed by atoms with E-state index in [1.807, 2.05) is 30.3 Å². The van der Waals surface area contributed by atoms with E-state index in [2.05, 4.69) is 10.6 Å². The van der Waals surface area contributed by atoms with Crippen molar-refractivity contribution in [2.24, 2.45) is 0 Å². The van der Waals surface area contributed by atoms with E-state index < -0.39 is 11.9 Å². The maximum Gasteiger partial charge on any atom is 0.226 e. The molecule has 22 heavy (non-hydrogen) atoms. The summed E-state index contributed by atoms with van der Waals surface area (Å²) in [5.74, 6) is -1.09. The Morgan fingerprint density at radius 3 is 2.32 bits per heavy atom. The highest BCUT2D eigenvalue weighted by atomic mass is 19.1. The minimum atomic E-state index is -0.494. The number of nitrogens with one attached hydrogen (secondary N) is 2. The summed E-state index contributed by atoms with van der Waals surface area (Å²) in [5.41, 5.74) is 0.948. The number of halogens is 1. The van der Waals surface area contributed by atoms with Crippen LogP contribution >= 0.6 is 0 Å². The van der Waals surface area contributed by atoms with Crippen molar-refractivity contribution in [2.75, 3.05) is 5.32 Å². The third-order valence-electron chi connectivity index (χ3n) is 3.12. The first-order valence-electron chi connectivity index (χ1n) is 6.92. The van der Waals surface area contributed by atoms with Crippen molar-refractivity contribution in [3.8, 4) is 0 Å². The fraction of sp³-hybridized carbons (Fsp3) is 0.176. The number of rotatable bonds is 5. The Morgan fingerprint density at radius 1 is 1.05 bits per heavy atom. The molecule has 2 amide bonds. The molecule has 1 atom stereocenters. The minimum Gasteiger partial charge on any atom is -0.349 e. The Kier molecular flexibility index (Phi) is 5.25. The van der Waals surface area contributed by atoms with E-state index >= 15 is 0 Å². The molecule has 2 rings (SSSR count). The molecule has 0 aliphatic carbocycles. The van der Waals surface area contributed by atoms with E-state index in [4.69, 9.17) is 0 Å². The molecule has 0 aliphatic rings. The molecule has 0 bridgehead atoms. The number of hydrogen-bond donors (Lipinski definition) is 2. The molecule has 1 unspecified atom stereocenters. The molecule has 0 saturated carbocycles. The number of carbonyl (C=O) groups is 2. The standard InChI is InChI=1S/C17H17FN2O2/c1-12(21)19-16(13-7-3-2-4-8-13)11-17(22)20-15-10-6-5-9-14(15)18/h2-10,16H,11H2,1H3,(H,19,21)(H,20,22). The molecule has 0 saturated heterocycles. The Balaban J connectivity index is 2.08. The fourth-order valence-electron chi connectivity index (χ4n) is 2.13. The second-order valence-corrected chi connectivity index (χ2v) is 4.90. The van der Waals surface area contributed by atoms with Crippen LogP contribution in [0.5, 0.6) is 0 Å². The van der Waals surface area contributed by atoms with E-state index in [1.54, 1.807) is 12.1 Å². The topological polar surface area (TPSA) is 58.2 Å². The second-order valence-electron chi connectivity index (χ2n) is 4.90. The number of amides is 2. The van der Waals surface area contributed by atoms with Crippen molar-refractivity contribution < 1.29 is 14.0 Å². The predicted molar refractivity (Wildman–Crippen MR) is 82.6 cm³/mol. The minimum absolute atomic E-state index is 0.0257. The summed E-state index contributed by atoms with van der Waals surface area (Å²) >= 11 is 0. The average molecular weight is 300 g/mol. The Morgan fingerprint density at radius 2 is 1.68 bits per heavy atom. The molecule has 0 spiro atoms. The van der Waals surface area contributed by atoms with Crippen LogP contribution < -0.4 is 10.6 Å². The van der Waals surface area contributed by atoms with Gasteiger partial charge in [-0.25, -0.2) is 4.39 Å². The van der Waals surface area contributed by atoms with Gasteiger partial charge >= 0.3 is 0 Å². The van der Waals surface area contributed by atoms with E-state index in [0.29, 0.717) is 0 Å². The summed E-state index contributed by atoms with van der Waals surface area (Å²) in [6.07, 6.45) is 0.0257. The van der Waals surface area contributed by atoms with Crippen LogP contribution in [0.3, 0.4) is 0 Å². The molecule has 0 fully saturated rings. The van der Waals surface area contributed by atoms with Gasteiger partial charge in [0.2, 0.25) is 11.8 Å². The summed E-state index contributed by atoms with van der Waals surface area (Å²) in [6, 6.07) is 14.7. The highest BCUT2D eigenvalue weighted by Crippen LogP contribution is 2.19. The maximum absolute atomic E-state index is 13.5. The van der Waals surface area contributed by atoms with Crippen molar-refractivity contribution in [2.45, 2.75) is 19.4 Å². The molecular weight excluding hydrogens is 283 g/mol. The molecule has 4 nitrogen and oxygen atoms in total. The van der Waals surface area contributed by atoms with Gasteiger partial charge < -0.3 is 10.6 Å². The molecule has 0 heterocycles. The van der Waals surface area contributed by atoms with Gasteiger partial charge in [-0.2, -0.15) is 0 Å². The lowest BCUT2D eigenvalue weighted by Crippen LogP contribution is -2.29. The normalized spacial score (nSPS) is 11.5. The largest absolute Gasteiger partial charge is 0.349 e. The lowest BCUT2D eigenvalue weighted by molar-refractivity contribution is -0.120. The van der Waals surface area contributed by atoms with Crippen molar-refractivity contribution in [1.82, 2.24) is 5.32 Å².